The summed E-state index contributed by atoms with van der Waals surface area (Å²) < 4.78 is 11.5. The van der Waals surface area contributed by atoms with Crippen LogP contribution in [0.2, 0.25) is 0 Å². The lowest BCUT2D eigenvalue weighted by molar-refractivity contribution is -0.140. The predicted octanol–water partition coefficient (Wildman–Crippen LogP) is 4.52. The number of hydrogen-bond donors (Lipinski definition) is 1. The molecule has 138 valence electrons. The standard InChI is InChI=1S/C20H30N2O3/c1-7-15(5)25-17-9-10-18(16(11-17)13-21)22-19(23)20(6,24-8-2)12-14(3)4/h9-11,14-15H,7-8,12H2,1-6H3,(H,22,23)/t15-,20-/m0/s1. The molecule has 0 fully saturated rings. The summed E-state index contributed by atoms with van der Waals surface area (Å²) in [6.07, 6.45) is 1.55. The van der Waals surface area contributed by atoms with Crippen LogP contribution in [0.5, 0.6) is 5.75 Å². The minimum Gasteiger partial charge on any atom is -0.491 e. The van der Waals surface area contributed by atoms with Crippen molar-refractivity contribution in [1.82, 2.24) is 0 Å². The number of rotatable bonds is 9. The second-order valence-corrected chi connectivity index (χ2v) is 6.87. The van der Waals surface area contributed by atoms with E-state index >= 15 is 0 Å². The van der Waals surface area contributed by atoms with Gasteiger partial charge < -0.3 is 14.8 Å². The highest BCUT2D eigenvalue weighted by Gasteiger charge is 2.35. The molecule has 1 amide bonds. The zero-order valence-electron chi connectivity index (χ0n) is 16.2. The van der Waals surface area contributed by atoms with Gasteiger partial charge in [0.25, 0.3) is 5.91 Å². The molecule has 0 aliphatic rings. The van der Waals surface area contributed by atoms with Crippen LogP contribution < -0.4 is 10.1 Å². The molecule has 0 unspecified atom stereocenters. The molecule has 1 rings (SSSR count). The third-order valence-corrected chi connectivity index (χ3v) is 4.01. The van der Waals surface area contributed by atoms with Gasteiger partial charge in [0.2, 0.25) is 0 Å². The van der Waals surface area contributed by atoms with E-state index in [2.05, 4.69) is 11.4 Å². The van der Waals surface area contributed by atoms with Crippen LogP contribution in [0.1, 0.15) is 59.9 Å². The van der Waals surface area contributed by atoms with Crippen molar-refractivity contribution in [2.24, 2.45) is 5.92 Å². The van der Waals surface area contributed by atoms with Gasteiger partial charge in [0, 0.05) is 12.7 Å². The Bertz CT molecular complexity index is 622. The van der Waals surface area contributed by atoms with Gasteiger partial charge in [-0.05, 0) is 51.7 Å². The van der Waals surface area contributed by atoms with Gasteiger partial charge >= 0.3 is 0 Å². The van der Waals surface area contributed by atoms with E-state index in [1.807, 2.05) is 34.6 Å². The minimum atomic E-state index is -0.929. The molecule has 2 atom stereocenters. The van der Waals surface area contributed by atoms with Gasteiger partial charge in [-0.3, -0.25) is 4.79 Å². The maximum atomic E-state index is 12.8. The van der Waals surface area contributed by atoms with Crippen LogP contribution in [0.3, 0.4) is 0 Å². The lowest BCUT2D eigenvalue weighted by atomic mass is 9.93. The van der Waals surface area contributed by atoms with Crippen LogP contribution >= 0.6 is 0 Å². The third-order valence-electron chi connectivity index (χ3n) is 4.01. The number of nitriles is 1. The summed E-state index contributed by atoms with van der Waals surface area (Å²) in [6, 6.07) is 7.25. The van der Waals surface area contributed by atoms with Gasteiger partial charge in [0.1, 0.15) is 17.4 Å². The number of carbonyl (C=O) groups excluding carboxylic acids is 1. The Balaban J connectivity index is 3.00. The fraction of sp³-hybridized carbons (Fsp3) is 0.600. The Morgan fingerprint density at radius 1 is 1.32 bits per heavy atom. The molecule has 0 saturated heterocycles. The van der Waals surface area contributed by atoms with Crippen LogP contribution in [0.25, 0.3) is 0 Å². The van der Waals surface area contributed by atoms with Gasteiger partial charge in [-0.2, -0.15) is 5.26 Å². The van der Waals surface area contributed by atoms with Crippen LogP contribution in [-0.2, 0) is 9.53 Å². The topological polar surface area (TPSA) is 71.3 Å². The molecular weight excluding hydrogens is 316 g/mol. The van der Waals surface area contributed by atoms with Gasteiger partial charge in [-0.1, -0.05) is 20.8 Å². The minimum absolute atomic E-state index is 0.0688. The molecule has 0 radical (unpaired) electrons. The number of ether oxygens (including phenoxy) is 2. The second-order valence-electron chi connectivity index (χ2n) is 6.87. The highest BCUT2D eigenvalue weighted by Crippen LogP contribution is 2.27. The molecule has 0 saturated carbocycles. The van der Waals surface area contributed by atoms with Crippen molar-refractivity contribution in [2.45, 2.75) is 66.1 Å². The summed E-state index contributed by atoms with van der Waals surface area (Å²) >= 11 is 0. The van der Waals surface area contributed by atoms with E-state index in [0.717, 1.165) is 6.42 Å². The average molecular weight is 346 g/mol. The number of benzene rings is 1. The molecule has 25 heavy (non-hydrogen) atoms. The molecule has 5 heteroatoms. The maximum Gasteiger partial charge on any atom is 0.256 e. The SMILES string of the molecule is CCO[C@@](C)(CC(C)C)C(=O)Nc1ccc(O[C@@H](C)CC)cc1C#N. The first-order valence-electron chi connectivity index (χ1n) is 8.91. The lowest BCUT2D eigenvalue weighted by Gasteiger charge is -2.30. The first kappa shape index (κ1) is 21.0. The molecular formula is C20H30N2O3. The summed E-state index contributed by atoms with van der Waals surface area (Å²) in [6.45, 7) is 12.2. The lowest BCUT2D eigenvalue weighted by Crippen LogP contribution is -2.44. The molecule has 0 aliphatic carbocycles. The van der Waals surface area contributed by atoms with E-state index < -0.39 is 5.60 Å². The maximum absolute atomic E-state index is 12.8. The van der Waals surface area contributed by atoms with E-state index in [0.29, 0.717) is 35.9 Å². The van der Waals surface area contributed by atoms with Crippen LogP contribution in [0.4, 0.5) is 5.69 Å². The first-order chi connectivity index (χ1) is 11.8. The largest absolute Gasteiger partial charge is 0.491 e. The van der Waals surface area contributed by atoms with Gasteiger partial charge in [0.05, 0.1) is 17.4 Å². The van der Waals surface area contributed by atoms with Crippen LogP contribution in [0, 0.1) is 17.2 Å². The molecule has 0 spiro atoms. The molecule has 1 aromatic rings. The summed E-state index contributed by atoms with van der Waals surface area (Å²) in [7, 11) is 0. The Morgan fingerprint density at radius 3 is 2.52 bits per heavy atom. The normalized spacial score (nSPS) is 14.5. The van der Waals surface area contributed by atoms with Crippen molar-refractivity contribution in [2.75, 3.05) is 11.9 Å². The molecule has 1 aromatic carbocycles. The fourth-order valence-electron chi connectivity index (χ4n) is 2.68. The van der Waals surface area contributed by atoms with Crippen molar-refractivity contribution >= 4 is 11.6 Å². The van der Waals surface area contributed by atoms with Gasteiger partial charge in [-0.15, -0.1) is 0 Å². The van der Waals surface area contributed by atoms with Gasteiger partial charge in [0.15, 0.2) is 0 Å². The Kier molecular flexibility index (Phi) is 7.92. The predicted molar refractivity (Wildman–Crippen MR) is 99.7 cm³/mol. The van der Waals surface area contributed by atoms with E-state index in [-0.39, 0.29) is 12.0 Å². The number of nitrogens with one attached hydrogen (secondary N) is 1. The number of carbonyl (C=O) groups is 1. The van der Waals surface area contributed by atoms with E-state index in [4.69, 9.17) is 9.47 Å². The van der Waals surface area contributed by atoms with Crippen molar-refractivity contribution in [3.8, 4) is 11.8 Å². The fourth-order valence-corrected chi connectivity index (χ4v) is 2.68. The van der Waals surface area contributed by atoms with E-state index in [1.165, 1.54) is 0 Å². The first-order valence-corrected chi connectivity index (χ1v) is 8.91. The van der Waals surface area contributed by atoms with E-state index in [9.17, 15) is 10.1 Å². The van der Waals surface area contributed by atoms with Crippen molar-refractivity contribution in [3.63, 3.8) is 0 Å². The Labute approximate surface area is 151 Å². The van der Waals surface area contributed by atoms with Crippen LogP contribution in [0.15, 0.2) is 18.2 Å². The Hall–Kier alpha value is -2.06. The monoisotopic (exact) mass is 346 g/mol. The molecule has 0 aliphatic heterocycles. The highest BCUT2D eigenvalue weighted by molar-refractivity contribution is 5.98. The smallest absolute Gasteiger partial charge is 0.256 e. The Morgan fingerprint density at radius 2 is 2.00 bits per heavy atom. The summed E-state index contributed by atoms with van der Waals surface area (Å²) in [5.41, 5.74) is -0.0853. The van der Waals surface area contributed by atoms with Crippen molar-refractivity contribution in [3.05, 3.63) is 23.8 Å². The summed E-state index contributed by atoms with van der Waals surface area (Å²) in [5, 5.41) is 12.3. The quantitative estimate of drug-likeness (QED) is 0.714. The molecule has 0 bridgehead atoms. The van der Waals surface area contributed by atoms with Crippen LogP contribution in [-0.4, -0.2) is 24.2 Å². The van der Waals surface area contributed by atoms with Crippen molar-refractivity contribution < 1.29 is 14.3 Å². The molecule has 5 nitrogen and oxygen atoms in total. The van der Waals surface area contributed by atoms with E-state index in [1.54, 1.807) is 25.1 Å². The number of nitrogens with zero attached hydrogens (tertiary/aromatic N) is 1. The summed E-state index contributed by atoms with van der Waals surface area (Å²) in [5.74, 6) is 0.692. The second kappa shape index (κ2) is 9.43. The zero-order valence-corrected chi connectivity index (χ0v) is 16.2. The number of anilines is 1. The summed E-state index contributed by atoms with van der Waals surface area (Å²) in [4.78, 5) is 12.8. The third kappa shape index (κ3) is 6.06. The van der Waals surface area contributed by atoms with Crippen molar-refractivity contribution in [1.29, 1.82) is 5.26 Å². The molecule has 0 heterocycles. The zero-order chi connectivity index (χ0) is 19.0. The van der Waals surface area contributed by atoms with Gasteiger partial charge in [-0.25, -0.2) is 0 Å². The average Bonchev–Trinajstić information content (AvgIpc) is 2.55. The number of amides is 1. The molecule has 0 aromatic heterocycles. The molecule has 1 N–H and O–H groups in total. The highest BCUT2D eigenvalue weighted by atomic mass is 16.5. The number of hydrogen-bond acceptors (Lipinski definition) is 4.